The van der Waals surface area contributed by atoms with Crippen LogP contribution in [0.5, 0.6) is 0 Å². The van der Waals surface area contributed by atoms with Crippen LogP contribution in [0.15, 0.2) is 41.6 Å². The van der Waals surface area contributed by atoms with Gasteiger partial charge in [0.2, 0.25) is 5.91 Å². The summed E-state index contributed by atoms with van der Waals surface area (Å²) in [6, 6.07) is 10.9. The number of carbonyl (C=O) groups excluding carboxylic acids is 1. The second-order valence-corrected chi connectivity index (χ2v) is 9.69. The van der Waals surface area contributed by atoms with Gasteiger partial charge in [-0.25, -0.2) is 0 Å². The first-order chi connectivity index (χ1) is 14.3. The van der Waals surface area contributed by atoms with Crippen molar-refractivity contribution in [2.45, 2.75) is 23.6 Å². The van der Waals surface area contributed by atoms with E-state index in [0.717, 1.165) is 22.7 Å². The molecule has 30 heavy (non-hydrogen) atoms. The van der Waals surface area contributed by atoms with E-state index in [1.807, 2.05) is 36.7 Å². The van der Waals surface area contributed by atoms with Crippen LogP contribution in [0.2, 0.25) is 15.1 Å². The van der Waals surface area contributed by atoms with Gasteiger partial charge < -0.3 is 9.88 Å². The van der Waals surface area contributed by atoms with Crippen LogP contribution < -0.4 is 5.32 Å². The van der Waals surface area contributed by atoms with Crippen molar-refractivity contribution >= 4 is 69.9 Å². The maximum atomic E-state index is 12.3. The van der Waals surface area contributed by atoms with Gasteiger partial charge in [-0.05, 0) is 42.3 Å². The van der Waals surface area contributed by atoms with Crippen LogP contribution >= 0.6 is 58.3 Å². The van der Waals surface area contributed by atoms with Crippen molar-refractivity contribution in [2.24, 2.45) is 7.05 Å². The number of thioether (sulfide) groups is 2. The molecule has 1 N–H and O–H groups in total. The van der Waals surface area contributed by atoms with E-state index in [2.05, 4.69) is 15.5 Å². The molecule has 0 bridgehead atoms. The van der Waals surface area contributed by atoms with E-state index in [4.69, 9.17) is 34.8 Å². The number of nitrogens with one attached hydrogen (secondary N) is 1. The Morgan fingerprint density at radius 2 is 1.80 bits per heavy atom. The van der Waals surface area contributed by atoms with Gasteiger partial charge in [0.25, 0.3) is 0 Å². The number of hydrogen-bond donors (Lipinski definition) is 1. The summed E-state index contributed by atoms with van der Waals surface area (Å²) >= 11 is 21.2. The number of amides is 1. The number of anilines is 1. The van der Waals surface area contributed by atoms with Crippen LogP contribution in [-0.4, -0.2) is 26.4 Å². The molecule has 10 heteroatoms. The first-order valence-electron chi connectivity index (χ1n) is 8.92. The molecule has 0 aliphatic heterocycles. The monoisotopic (exact) mass is 500 g/mol. The lowest BCUT2D eigenvalue weighted by Gasteiger charge is -2.09. The average molecular weight is 502 g/mol. The summed E-state index contributed by atoms with van der Waals surface area (Å²) in [4.78, 5) is 12.3. The van der Waals surface area contributed by atoms with Crippen molar-refractivity contribution in [3.05, 3.63) is 68.4 Å². The smallest absolute Gasteiger partial charge is 0.234 e. The first-order valence-corrected chi connectivity index (χ1v) is 12.2. The summed E-state index contributed by atoms with van der Waals surface area (Å²) in [5.74, 6) is 2.36. The van der Waals surface area contributed by atoms with Crippen LogP contribution in [0.1, 0.15) is 17.0 Å². The lowest BCUT2D eigenvalue weighted by atomic mass is 10.2. The van der Waals surface area contributed by atoms with Crippen LogP contribution in [0, 0.1) is 6.92 Å². The number of hydrogen-bond acceptors (Lipinski definition) is 5. The molecule has 0 aliphatic carbocycles. The molecule has 5 nitrogen and oxygen atoms in total. The molecule has 2 aromatic carbocycles. The van der Waals surface area contributed by atoms with Crippen LogP contribution in [-0.2, 0) is 23.3 Å². The number of nitrogens with zero attached hydrogens (tertiary/aromatic N) is 3. The number of carbonyl (C=O) groups is 1. The Labute approximate surface area is 198 Å². The Morgan fingerprint density at radius 1 is 1.07 bits per heavy atom. The molecule has 0 spiro atoms. The van der Waals surface area contributed by atoms with Crippen LogP contribution in [0.25, 0.3) is 0 Å². The van der Waals surface area contributed by atoms with Crippen LogP contribution in [0.4, 0.5) is 5.69 Å². The quantitative estimate of drug-likeness (QED) is 0.370. The minimum Gasteiger partial charge on any atom is -0.325 e. The fraction of sp³-hybridized carbons (Fsp3) is 0.250. The summed E-state index contributed by atoms with van der Waals surface area (Å²) in [6.45, 7) is 1.92. The third-order valence-electron chi connectivity index (χ3n) is 4.23. The zero-order chi connectivity index (χ0) is 21.7. The number of halogens is 3. The topological polar surface area (TPSA) is 59.8 Å². The highest BCUT2D eigenvalue weighted by molar-refractivity contribution is 7.99. The Hall–Kier alpha value is -1.38. The zero-order valence-electron chi connectivity index (χ0n) is 16.3. The first kappa shape index (κ1) is 23.3. The molecule has 0 radical (unpaired) electrons. The fourth-order valence-electron chi connectivity index (χ4n) is 2.53. The molecular formula is C20H19Cl3N4OS2. The molecule has 158 valence electrons. The minimum absolute atomic E-state index is 0.123. The second-order valence-electron chi connectivity index (χ2n) is 6.48. The molecule has 0 fully saturated rings. The molecule has 0 atom stereocenters. The number of aryl methyl sites for hydroxylation is 1. The predicted molar refractivity (Wildman–Crippen MR) is 128 cm³/mol. The highest BCUT2D eigenvalue weighted by Gasteiger charge is 2.13. The molecule has 0 aliphatic rings. The SMILES string of the molecule is Cc1ccc(Cl)cc1NC(=O)CSc1nnc(CSCc2ccc(Cl)cc2Cl)n1C. The highest BCUT2D eigenvalue weighted by Crippen LogP contribution is 2.27. The van der Waals surface area contributed by atoms with Gasteiger partial charge in [0.1, 0.15) is 5.82 Å². The van der Waals surface area contributed by atoms with Gasteiger partial charge in [0.15, 0.2) is 5.16 Å². The van der Waals surface area contributed by atoms with Crippen molar-refractivity contribution in [2.75, 3.05) is 11.1 Å². The van der Waals surface area contributed by atoms with E-state index in [9.17, 15) is 4.79 Å². The van der Waals surface area contributed by atoms with Gasteiger partial charge in [0.05, 0.1) is 11.5 Å². The van der Waals surface area contributed by atoms with E-state index in [0.29, 0.717) is 31.7 Å². The highest BCUT2D eigenvalue weighted by atomic mass is 35.5. The molecule has 3 rings (SSSR count). The van der Waals surface area contributed by atoms with Crippen LogP contribution in [0.3, 0.4) is 0 Å². The molecule has 0 unspecified atom stereocenters. The molecule has 1 heterocycles. The Balaban J connectivity index is 1.51. The predicted octanol–water partition coefficient (Wildman–Crippen LogP) is 6.25. The summed E-state index contributed by atoms with van der Waals surface area (Å²) in [5.41, 5.74) is 2.69. The summed E-state index contributed by atoms with van der Waals surface area (Å²) in [6.07, 6.45) is 0. The number of benzene rings is 2. The lowest BCUT2D eigenvalue weighted by molar-refractivity contribution is -0.113. The average Bonchev–Trinajstić information content (AvgIpc) is 3.04. The molecule has 1 aromatic heterocycles. The van der Waals surface area contributed by atoms with Crippen molar-refractivity contribution in [1.29, 1.82) is 0 Å². The van der Waals surface area contributed by atoms with Crippen molar-refractivity contribution in [3.63, 3.8) is 0 Å². The van der Waals surface area contributed by atoms with Gasteiger partial charge in [0, 0.05) is 33.6 Å². The molecule has 1 amide bonds. The van der Waals surface area contributed by atoms with Crippen molar-refractivity contribution < 1.29 is 4.79 Å². The molecular weight excluding hydrogens is 483 g/mol. The number of aromatic nitrogens is 3. The summed E-state index contributed by atoms with van der Waals surface area (Å²) < 4.78 is 1.90. The number of rotatable bonds is 8. The van der Waals surface area contributed by atoms with Gasteiger partial charge in [-0.15, -0.1) is 22.0 Å². The molecule has 0 saturated carbocycles. The Bertz CT molecular complexity index is 1060. The van der Waals surface area contributed by atoms with Crippen molar-refractivity contribution in [3.8, 4) is 0 Å². The van der Waals surface area contributed by atoms with E-state index < -0.39 is 0 Å². The van der Waals surface area contributed by atoms with E-state index in [-0.39, 0.29) is 11.7 Å². The normalized spacial score (nSPS) is 11.0. The van der Waals surface area contributed by atoms with Gasteiger partial charge in [-0.1, -0.05) is 58.7 Å². The van der Waals surface area contributed by atoms with E-state index in [1.54, 1.807) is 30.0 Å². The second kappa shape index (κ2) is 10.8. The van der Waals surface area contributed by atoms with Crippen molar-refractivity contribution in [1.82, 2.24) is 14.8 Å². The van der Waals surface area contributed by atoms with Gasteiger partial charge in [-0.3, -0.25) is 4.79 Å². The molecule has 0 saturated heterocycles. The minimum atomic E-state index is -0.123. The molecule has 3 aromatic rings. The lowest BCUT2D eigenvalue weighted by Crippen LogP contribution is -2.15. The summed E-state index contributed by atoms with van der Waals surface area (Å²) in [7, 11) is 1.90. The Kier molecular flexibility index (Phi) is 8.36. The van der Waals surface area contributed by atoms with E-state index >= 15 is 0 Å². The standard InChI is InChI=1S/C20H19Cl3N4OS2/c1-12-3-5-15(22)8-17(12)24-19(28)11-30-20-26-25-18(27(20)2)10-29-9-13-4-6-14(21)7-16(13)23/h3-8H,9-11H2,1-2H3,(H,24,28). The maximum absolute atomic E-state index is 12.3. The third kappa shape index (κ3) is 6.31. The van der Waals surface area contributed by atoms with E-state index in [1.165, 1.54) is 11.8 Å². The van der Waals surface area contributed by atoms with Gasteiger partial charge in [-0.2, -0.15) is 0 Å². The van der Waals surface area contributed by atoms with Gasteiger partial charge >= 0.3 is 0 Å². The maximum Gasteiger partial charge on any atom is 0.234 e. The fourth-order valence-corrected chi connectivity index (χ4v) is 5.00. The zero-order valence-corrected chi connectivity index (χ0v) is 20.2. The largest absolute Gasteiger partial charge is 0.325 e. The third-order valence-corrected chi connectivity index (χ3v) is 7.05. The summed E-state index contributed by atoms with van der Waals surface area (Å²) in [5, 5.41) is 13.9. The Morgan fingerprint density at radius 3 is 2.57 bits per heavy atom.